The van der Waals surface area contributed by atoms with Crippen LogP contribution in [0.25, 0.3) is 0 Å². The average Bonchev–Trinajstić information content (AvgIpc) is 2.34. The Labute approximate surface area is 118 Å². The van der Waals surface area contributed by atoms with Crippen molar-refractivity contribution in [3.8, 4) is 0 Å². The summed E-state index contributed by atoms with van der Waals surface area (Å²) in [5, 5.41) is -0.116. The van der Waals surface area contributed by atoms with Crippen LogP contribution < -0.4 is 0 Å². The van der Waals surface area contributed by atoms with Gasteiger partial charge in [0.25, 0.3) is 0 Å². The second-order valence-corrected chi connectivity index (χ2v) is 6.57. The average molecular weight is 273 g/mol. The van der Waals surface area contributed by atoms with Crippen molar-refractivity contribution in [3.63, 3.8) is 0 Å². The highest BCUT2D eigenvalue weighted by Gasteiger charge is 2.30. The summed E-state index contributed by atoms with van der Waals surface area (Å²) in [4.78, 5) is 11.6. The standard InChI is InChI=1S/C16H29ClO/c1-16(15(17)18)13-11-9-7-5-3-2-4-6-8-10-12-14-16/h2-14H2,1H3. The van der Waals surface area contributed by atoms with E-state index < -0.39 is 0 Å². The van der Waals surface area contributed by atoms with Gasteiger partial charge in [0.15, 0.2) is 0 Å². The molecule has 0 spiro atoms. The zero-order valence-electron chi connectivity index (χ0n) is 12.0. The van der Waals surface area contributed by atoms with E-state index >= 15 is 0 Å². The van der Waals surface area contributed by atoms with Gasteiger partial charge in [-0.1, -0.05) is 77.6 Å². The van der Waals surface area contributed by atoms with Crippen LogP contribution in [0.15, 0.2) is 0 Å². The highest BCUT2D eigenvalue weighted by molar-refractivity contribution is 6.64. The van der Waals surface area contributed by atoms with Gasteiger partial charge < -0.3 is 0 Å². The van der Waals surface area contributed by atoms with Crippen molar-refractivity contribution in [3.05, 3.63) is 0 Å². The van der Waals surface area contributed by atoms with Crippen LogP contribution in [0.4, 0.5) is 0 Å². The van der Waals surface area contributed by atoms with Crippen LogP contribution in [-0.4, -0.2) is 5.24 Å². The van der Waals surface area contributed by atoms with Crippen LogP contribution in [0.2, 0.25) is 0 Å². The topological polar surface area (TPSA) is 17.1 Å². The minimum Gasteiger partial charge on any atom is -0.281 e. The molecule has 2 heteroatoms. The van der Waals surface area contributed by atoms with E-state index in [1.807, 2.05) is 0 Å². The first-order valence-corrected chi connectivity index (χ1v) is 8.23. The molecule has 0 aromatic rings. The quantitative estimate of drug-likeness (QED) is 0.548. The maximum atomic E-state index is 11.6. The molecule has 1 saturated carbocycles. The molecule has 0 atom stereocenters. The number of hydrogen-bond donors (Lipinski definition) is 0. The molecule has 106 valence electrons. The Balaban J connectivity index is 2.41. The number of halogens is 1. The Morgan fingerprint density at radius 1 is 0.722 bits per heavy atom. The van der Waals surface area contributed by atoms with Crippen LogP contribution in [0.5, 0.6) is 0 Å². The summed E-state index contributed by atoms with van der Waals surface area (Å²) in [6.07, 6.45) is 16.4. The van der Waals surface area contributed by atoms with Crippen LogP contribution in [-0.2, 0) is 4.79 Å². The Bertz CT molecular complexity index is 223. The Hall–Kier alpha value is -0.0400. The molecule has 0 unspecified atom stereocenters. The summed E-state index contributed by atoms with van der Waals surface area (Å²) in [6.45, 7) is 2.06. The molecule has 0 amide bonds. The largest absolute Gasteiger partial charge is 0.281 e. The molecule has 0 aromatic heterocycles. The second-order valence-electron chi connectivity index (χ2n) is 6.22. The zero-order valence-corrected chi connectivity index (χ0v) is 12.7. The third-order valence-electron chi connectivity index (χ3n) is 4.43. The molecule has 1 aliphatic rings. The van der Waals surface area contributed by atoms with E-state index in [2.05, 4.69) is 6.92 Å². The Kier molecular flexibility index (Phi) is 7.97. The molecule has 0 aromatic carbocycles. The maximum absolute atomic E-state index is 11.6. The maximum Gasteiger partial charge on any atom is 0.227 e. The predicted octanol–water partition coefficient (Wildman–Crippen LogP) is 5.84. The summed E-state index contributed by atoms with van der Waals surface area (Å²) < 4.78 is 0. The van der Waals surface area contributed by atoms with Crippen LogP contribution in [0, 0.1) is 5.41 Å². The summed E-state index contributed by atoms with van der Waals surface area (Å²) in [5.74, 6) is 0. The fourth-order valence-electron chi connectivity index (χ4n) is 2.94. The molecule has 0 aliphatic heterocycles. The first-order valence-electron chi connectivity index (χ1n) is 7.85. The van der Waals surface area contributed by atoms with Crippen molar-refractivity contribution >= 4 is 16.8 Å². The molecule has 18 heavy (non-hydrogen) atoms. The fourth-order valence-corrected chi connectivity index (χ4v) is 3.13. The third kappa shape index (κ3) is 6.22. The van der Waals surface area contributed by atoms with E-state index in [0.717, 1.165) is 25.7 Å². The lowest BCUT2D eigenvalue weighted by Crippen LogP contribution is -2.24. The highest BCUT2D eigenvalue weighted by atomic mass is 35.5. The SMILES string of the molecule is CC1(C(=O)Cl)CCCCCCCCCCCCC1. The fraction of sp³-hybridized carbons (Fsp3) is 0.938. The Morgan fingerprint density at radius 3 is 1.28 bits per heavy atom. The van der Waals surface area contributed by atoms with E-state index in [1.165, 1.54) is 57.8 Å². The zero-order chi connectivity index (χ0) is 13.3. The molecule has 0 heterocycles. The monoisotopic (exact) mass is 272 g/mol. The number of rotatable bonds is 1. The summed E-state index contributed by atoms with van der Waals surface area (Å²) in [7, 11) is 0. The van der Waals surface area contributed by atoms with Gasteiger partial charge in [-0.25, -0.2) is 0 Å². The predicted molar refractivity (Wildman–Crippen MR) is 79.0 cm³/mol. The molecule has 0 saturated heterocycles. The summed E-state index contributed by atoms with van der Waals surface area (Å²) in [5.41, 5.74) is -0.258. The van der Waals surface area contributed by atoms with Gasteiger partial charge in [0.05, 0.1) is 0 Å². The molecule has 0 bridgehead atoms. The van der Waals surface area contributed by atoms with Crippen molar-refractivity contribution in [2.45, 2.75) is 90.4 Å². The van der Waals surface area contributed by atoms with Crippen LogP contribution in [0.3, 0.4) is 0 Å². The van der Waals surface area contributed by atoms with Gasteiger partial charge in [0, 0.05) is 5.41 Å². The number of carbonyl (C=O) groups is 1. The van der Waals surface area contributed by atoms with E-state index in [0.29, 0.717) is 0 Å². The second kappa shape index (κ2) is 8.96. The van der Waals surface area contributed by atoms with E-state index in [1.54, 1.807) is 0 Å². The first-order chi connectivity index (χ1) is 8.65. The molecule has 0 N–H and O–H groups in total. The van der Waals surface area contributed by atoms with Crippen LogP contribution >= 0.6 is 11.6 Å². The molecule has 1 aliphatic carbocycles. The third-order valence-corrected chi connectivity index (χ3v) is 4.89. The van der Waals surface area contributed by atoms with Crippen molar-refractivity contribution in [2.75, 3.05) is 0 Å². The lowest BCUT2D eigenvalue weighted by Gasteiger charge is -2.25. The van der Waals surface area contributed by atoms with Crippen molar-refractivity contribution in [1.82, 2.24) is 0 Å². The van der Waals surface area contributed by atoms with Gasteiger partial charge in [0.1, 0.15) is 0 Å². The number of hydrogen-bond acceptors (Lipinski definition) is 1. The van der Waals surface area contributed by atoms with Crippen molar-refractivity contribution in [1.29, 1.82) is 0 Å². The molecule has 0 radical (unpaired) electrons. The molecular weight excluding hydrogens is 244 g/mol. The lowest BCUT2D eigenvalue weighted by molar-refractivity contribution is -0.120. The van der Waals surface area contributed by atoms with Gasteiger partial charge in [-0.05, 0) is 24.4 Å². The highest BCUT2D eigenvalue weighted by Crippen LogP contribution is 2.34. The minimum absolute atomic E-state index is 0.116. The molecule has 1 nitrogen and oxygen atoms in total. The summed E-state index contributed by atoms with van der Waals surface area (Å²) in [6, 6.07) is 0. The lowest BCUT2D eigenvalue weighted by atomic mass is 9.80. The smallest absolute Gasteiger partial charge is 0.227 e. The van der Waals surface area contributed by atoms with Gasteiger partial charge in [0.2, 0.25) is 5.24 Å². The van der Waals surface area contributed by atoms with E-state index in [4.69, 9.17) is 11.6 Å². The summed E-state index contributed by atoms with van der Waals surface area (Å²) >= 11 is 5.81. The van der Waals surface area contributed by atoms with E-state index in [9.17, 15) is 4.79 Å². The van der Waals surface area contributed by atoms with Crippen LogP contribution in [0.1, 0.15) is 90.4 Å². The van der Waals surface area contributed by atoms with Crippen molar-refractivity contribution in [2.24, 2.45) is 5.41 Å². The van der Waals surface area contributed by atoms with Crippen molar-refractivity contribution < 1.29 is 4.79 Å². The minimum atomic E-state index is -0.258. The number of carbonyl (C=O) groups excluding carboxylic acids is 1. The van der Waals surface area contributed by atoms with Gasteiger partial charge >= 0.3 is 0 Å². The molecular formula is C16H29ClO. The van der Waals surface area contributed by atoms with E-state index in [-0.39, 0.29) is 10.7 Å². The van der Waals surface area contributed by atoms with Gasteiger partial charge in [-0.2, -0.15) is 0 Å². The molecule has 1 rings (SSSR count). The Morgan fingerprint density at radius 2 is 1.00 bits per heavy atom. The normalized spacial score (nSPS) is 24.1. The van der Waals surface area contributed by atoms with Gasteiger partial charge in [-0.3, -0.25) is 4.79 Å². The van der Waals surface area contributed by atoms with Gasteiger partial charge in [-0.15, -0.1) is 0 Å². The first kappa shape index (κ1) is 16.0. The molecule has 1 fully saturated rings.